The molecule has 0 unspecified atom stereocenters. The summed E-state index contributed by atoms with van der Waals surface area (Å²) in [6.45, 7) is 0. The van der Waals surface area contributed by atoms with Crippen molar-refractivity contribution in [1.82, 2.24) is 0 Å². The topological polar surface area (TPSA) is 0 Å². The first kappa shape index (κ1) is 17.1. The summed E-state index contributed by atoms with van der Waals surface area (Å²) in [6.07, 6.45) is 14.3. The molecule has 1 aliphatic carbocycles. The summed E-state index contributed by atoms with van der Waals surface area (Å²) in [5.74, 6) is 5.92. The SMILES string of the molecule is C#Cc1c([SiH]2c3ccccc3-c3ccccc32)cc2c(c1C#C)[CH]c1ccccc1-2. The first-order valence-corrected chi connectivity index (χ1v) is 11.8. The van der Waals surface area contributed by atoms with Gasteiger partial charge >= 0.3 is 0 Å². The normalized spacial score (nSPS) is 13.0. The van der Waals surface area contributed by atoms with Gasteiger partial charge in [0, 0.05) is 17.5 Å². The minimum absolute atomic E-state index is 0.857. The van der Waals surface area contributed by atoms with Crippen LogP contribution in [-0.4, -0.2) is 8.80 Å². The average Bonchev–Trinajstić information content (AvgIpc) is 3.33. The molecule has 1 heterocycles. The number of rotatable bonds is 1. The molecule has 0 nitrogen and oxygen atoms in total. The molecule has 1 radical (unpaired) electrons. The summed E-state index contributed by atoms with van der Waals surface area (Å²) in [5, 5.41) is 4.11. The van der Waals surface area contributed by atoms with E-state index in [1.54, 1.807) is 0 Å². The molecule has 0 atom stereocenters. The monoisotopic (exact) mass is 393 g/mol. The molecule has 30 heavy (non-hydrogen) atoms. The van der Waals surface area contributed by atoms with E-state index < -0.39 is 8.80 Å². The third-order valence-electron chi connectivity index (χ3n) is 6.38. The fraction of sp³-hybridized carbons (Fsp3) is 0. The van der Waals surface area contributed by atoms with Gasteiger partial charge in [-0.1, -0.05) is 90.7 Å². The van der Waals surface area contributed by atoms with E-state index in [0.29, 0.717) is 0 Å². The molecule has 0 aromatic heterocycles. The van der Waals surface area contributed by atoms with Crippen molar-refractivity contribution in [1.29, 1.82) is 0 Å². The van der Waals surface area contributed by atoms with Crippen LogP contribution >= 0.6 is 0 Å². The Hall–Kier alpha value is -3.78. The zero-order valence-electron chi connectivity index (χ0n) is 16.3. The summed E-state index contributed by atoms with van der Waals surface area (Å²) >= 11 is 0. The Morgan fingerprint density at radius 2 is 1.13 bits per heavy atom. The second-order valence-electron chi connectivity index (χ2n) is 7.80. The molecule has 0 saturated carbocycles. The maximum absolute atomic E-state index is 6.10. The van der Waals surface area contributed by atoms with Crippen molar-refractivity contribution in [2.24, 2.45) is 0 Å². The molecule has 0 amide bonds. The Kier molecular flexibility index (Phi) is 3.63. The van der Waals surface area contributed by atoms with Crippen molar-refractivity contribution in [2.75, 3.05) is 0 Å². The molecule has 4 aromatic rings. The zero-order chi connectivity index (χ0) is 20.2. The Balaban J connectivity index is 1.70. The van der Waals surface area contributed by atoms with Crippen LogP contribution in [0, 0.1) is 31.1 Å². The minimum atomic E-state index is -1.73. The molecule has 0 N–H and O–H groups in total. The second kappa shape index (κ2) is 6.36. The van der Waals surface area contributed by atoms with Crippen molar-refractivity contribution >= 4 is 24.4 Å². The van der Waals surface area contributed by atoms with Crippen LogP contribution in [0.1, 0.15) is 22.3 Å². The van der Waals surface area contributed by atoms with Gasteiger partial charge in [0.05, 0.1) is 0 Å². The highest BCUT2D eigenvalue weighted by Gasteiger charge is 2.35. The van der Waals surface area contributed by atoms with E-state index in [0.717, 1.165) is 16.7 Å². The molecule has 1 aliphatic heterocycles. The predicted octanol–water partition coefficient (Wildman–Crippen LogP) is 3.46. The van der Waals surface area contributed by atoms with Crippen LogP contribution in [0.2, 0.25) is 0 Å². The largest absolute Gasteiger partial charge is 0.136 e. The maximum Gasteiger partial charge on any atom is 0.136 e. The van der Waals surface area contributed by atoms with Gasteiger partial charge in [-0.3, -0.25) is 0 Å². The molecule has 137 valence electrons. The number of hydrogen-bond acceptors (Lipinski definition) is 0. The Morgan fingerprint density at radius 1 is 0.567 bits per heavy atom. The molecular weight excluding hydrogens is 376 g/mol. The zero-order valence-corrected chi connectivity index (χ0v) is 17.5. The highest BCUT2D eigenvalue weighted by Crippen LogP contribution is 2.40. The molecule has 1 heteroatoms. The van der Waals surface area contributed by atoms with Crippen LogP contribution in [0.3, 0.4) is 0 Å². The number of benzene rings is 4. The Bertz CT molecular complexity index is 1400. The van der Waals surface area contributed by atoms with E-state index in [4.69, 9.17) is 12.8 Å². The lowest BCUT2D eigenvalue weighted by atomic mass is 9.96. The smallest absolute Gasteiger partial charge is 0.115 e. The van der Waals surface area contributed by atoms with Crippen molar-refractivity contribution in [3.05, 3.63) is 108 Å². The van der Waals surface area contributed by atoms with Gasteiger partial charge in [0.15, 0.2) is 0 Å². The van der Waals surface area contributed by atoms with E-state index in [9.17, 15) is 0 Å². The van der Waals surface area contributed by atoms with Gasteiger partial charge in [-0.15, -0.1) is 12.8 Å². The van der Waals surface area contributed by atoms with Crippen molar-refractivity contribution < 1.29 is 0 Å². The molecule has 4 aromatic carbocycles. The Morgan fingerprint density at radius 3 is 1.77 bits per heavy atom. The molecule has 0 spiro atoms. The van der Waals surface area contributed by atoms with Gasteiger partial charge in [-0.2, -0.15) is 0 Å². The van der Waals surface area contributed by atoms with Gasteiger partial charge in [0.2, 0.25) is 0 Å². The van der Waals surface area contributed by atoms with Crippen molar-refractivity contribution in [3.8, 4) is 46.9 Å². The van der Waals surface area contributed by atoms with E-state index in [1.807, 2.05) is 0 Å². The maximum atomic E-state index is 6.10. The highest BCUT2D eigenvalue weighted by atomic mass is 28.3. The van der Waals surface area contributed by atoms with Crippen molar-refractivity contribution in [3.63, 3.8) is 0 Å². The van der Waals surface area contributed by atoms with Crippen LogP contribution in [0.5, 0.6) is 0 Å². The molecule has 0 saturated heterocycles. The molecule has 6 rings (SSSR count). The highest BCUT2D eigenvalue weighted by molar-refractivity contribution is 6.99. The van der Waals surface area contributed by atoms with E-state index in [2.05, 4.69) is 97.1 Å². The molecular formula is C29H17Si. The van der Waals surface area contributed by atoms with Crippen LogP contribution in [-0.2, 0) is 0 Å². The van der Waals surface area contributed by atoms with Gasteiger partial charge < -0.3 is 0 Å². The van der Waals surface area contributed by atoms with Gasteiger partial charge in [0.1, 0.15) is 8.80 Å². The van der Waals surface area contributed by atoms with Gasteiger partial charge in [-0.25, -0.2) is 0 Å². The van der Waals surface area contributed by atoms with Gasteiger partial charge in [-0.05, 0) is 48.9 Å². The third-order valence-corrected chi connectivity index (χ3v) is 9.71. The first-order valence-electron chi connectivity index (χ1n) is 10.1. The minimum Gasteiger partial charge on any atom is -0.115 e. The van der Waals surface area contributed by atoms with E-state index >= 15 is 0 Å². The summed E-state index contributed by atoms with van der Waals surface area (Å²) < 4.78 is 0. The first-order chi connectivity index (χ1) is 14.8. The lowest BCUT2D eigenvalue weighted by Gasteiger charge is -2.19. The average molecular weight is 394 g/mol. The van der Waals surface area contributed by atoms with E-state index in [1.165, 1.54) is 43.4 Å². The molecule has 0 bridgehead atoms. The van der Waals surface area contributed by atoms with Crippen LogP contribution in [0.25, 0.3) is 22.3 Å². The summed E-state index contributed by atoms with van der Waals surface area (Å²) in [4.78, 5) is 0. The summed E-state index contributed by atoms with van der Waals surface area (Å²) in [5.41, 5.74) is 9.16. The van der Waals surface area contributed by atoms with Crippen LogP contribution in [0.4, 0.5) is 0 Å². The predicted molar refractivity (Wildman–Crippen MR) is 128 cm³/mol. The number of hydrogen-bond donors (Lipinski definition) is 0. The second-order valence-corrected chi connectivity index (χ2v) is 10.5. The molecule has 0 fully saturated rings. The standard InChI is InChI=1S/C29H17Si/c1-3-20-21(4-2)29(18-26-22-12-6-5-11-19(22)17-25(20)26)30-27-15-9-7-13-23(27)24-14-8-10-16-28(24)30/h1-2,5-18,30H. The van der Waals surface area contributed by atoms with Crippen molar-refractivity contribution in [2.45, 2.75) is 0 Å². The third kappa shape index (κ3) is 2.19. The quantitative estimate of drug-likeness (QED) is 0.296. The lowest BCUT2D eigenvalue weighted by molar-refractivity contribution is 1.50. The summed E-state index contributed by atoms with van der Waals surface area (Å²) in [6, 6.07) is 28.3. The van der Waals surface area contributed by atoms with E-state index in [-0.39, 0.29) is 0 Å². The lowest BCUT2D eigenvalue weighted by Crippen LogP contribution is -2.50. The summed E-state index contributed by atoms with van der Waals surface area (Å²) in [7, 11) is -1.73. The van der Waals surface area contributed by atoms with Crippen LogP contribution < -0.4 is 15.6 Å². The van der Waals surface area contributed by atoms with Crippen LogP contribution in [0.15, 0.2) is 78.9 Å². The fourth-order valence-corrected chi connectivity index (χ4v) is 8.73. The number of terminal acetylenes is 2. The Labute approximate surface area is 178 Å². The fourth-order valence-electron chi connectivity index (χ4n) is 5.14. The molecule has 2 aliphatic rings. The number of fused-ring (bicyclic) bond motifs is 6. The van der Waals surface area contributed by atoms with Gasteiger partial charge in [0.25, 0.3) is 0 Å².